The van der Waals surface area contributed by atoms with Gasteiger partial charge in [-0.15, -0.1) is 0 Å². The second-order valence-corrected chi connectivity index (χ2v) is 9.49. The molecule has 0 aromatic heterocycles. The minimum Gasteiger partial charge on any atom is -0.204 e. The Balaban J connectivity index is 1.25. The van der Waals surface area contributed by atoms with Crippen LogP contribution in [0.3, 0.4) is 0 Å². The Morgan fingerprint density at radius 2 is 1.37 bits per heavy atom. The van der Waals surface area contributed by atoms with E-state index in [4.69, 9.17) is 0 Å². The average Bonchev–Trinajstić information content (AvgIpc) is 2.71. The summed E-state index contributed by atoms with van der Waals surface area (Å²) in [7, 11) is 0. The van der Waals surface area contributed by atoms with Crippen molar-refractivity contribution in [1.82, 2.24) is 0 Å². The topological polar surface area (TPSA) is 0 Å². The predicted molar refractivity (Wildman–Crippen MR) is 103 cm³/mol. The van der Waals surface area contributed by atoms with E-state index in [0.717, 1.165) is 30.6 Å². The molecule has 3 aliphatic carbocycles. The van der Waals surface area contributed by atoms with Gasteiger partial charge in [0.15, 0.2) is 17.5 Å². The van der Waals surface area contributed by atoms with Gasteiger partial charge < -0.3 is 0 Å². The zero-order chi connectivity index (χ0) is 18.8. The van der Waals surface area contributed by atoms with Crippen molar-refractivity contribution in [2.75, 3.05) is 0 Å². The summed E-state index contributed by atoms with van der Waals surface area (Å²) < 4.78 is 40.9. The Bertz CT molecular complexity index is 640. The minimum absolute atomic E-state index is 0.415. The van der Waals surface area contributed by atoms with Gasteiger partial charge in [-0.3, -0.25) is 0 Å². The Labute approximate surface area is 161 Å². The monoisotopic (exact) mass is 378 g/mol. The van der Waals surface area contributed by atoms with E-state index in [1.165, 1.54) is 70.3 Å². The largest absolute Gasteiger partial charge is 0.204 e. The number of benzene rings is 1. The van der Waals surface area contributed by atoms with E-state index in [1.54, 1.807) is 0 Å². The van der Waals surface area contributed by atoms with Crippen LogP contribution in [0.4, 0.5) is 13.2 Å². The van der Waals surface area contributed by atoms with Crippen LogP contribution in [0, 0.1) is 41.1 Å². The van der Waals surface area contributed by atoms with Crippen LogP contribution in [0.5, 0.6) is 0 Å². The predicted octanol–water partition coefficient (Wildman–Crippen LogP) is 7.38. The highest BCUT2D eigenvalue weighted by Crippen LogP contribution is 2.42. The molecule has 0 bridgehead atoms. The van der Waals surface area contributed by atoms with Gasteiger partial charge in [-0.1, -0.05) is 51.4 Å². The molecule has 27 heavy (non-hydrogen) atoms. The van der Waals surface area contributed by atoms with Gasteiger partial charge >= 0.3 is 0 Å². The Morgan fingerprint density at radius 1 is 0.704 bits per heavy atom. The van der Waals surface area contributed by atoms with Crippen molar-refractivity contribution in [3.8, 4) is 0 Å². The van der Waals surface area contributed by atoms with E-state index < -0.39 is 17.5 Å². The van der Waals surface area contributed by atoms with Crippen molar-refractivity contribution in [3.05, 3.63) is 34.6 Å². The fraction of sp³-hybridized carbons (Fsp3) is 0.750. The summed E-state index contributed by atoms with van der Waals surface area (Å²) in [5, 5.41) is 0. The standard InChI is InChI=1S/C24H33F3/c25-22-15-20-14-17(10-13-21(20)23(26)24(22)27)7-6-16-8-11-19(12-9-16)18-4-2-1-3-5-18/h15-19H,1-14H2. The lowest BCUT2D eigenvalue weighted by Crippen LogP contribution is -2.24. The highest BCUT2D eigenvalue weighted by molar-refractivity contribution is 5.33. The molecule has 0 spiro atoms. The molecule has 1 unspecified atom stereocenters. The molecule has 2 saturated carbocycles. The van der Waals surface area contributed by atoms with Crippen molar-refractivity contribution < 1.29 is 13.2 Å². The molecule has 3 heteroatoms. The SMILES string of the molecule is Fc1cc2c(c(F)c1F)CCC(CCC1CCC(C3CCCCC3)CC1)C2. The first kappa shape index (κ1) is 19.3. The zero-order valence-electron chi connectivity index (χ0n) is 16.4. The number of hydrogen-bond donors (Lipinski definition) is 0. The Kier molecular flexibility index (Phi) is 6.14. The van der Waals surface area contributed by atoms with Crippen LogP contribution in [-0.2, 0) is 12.8 Å². The second-order valence-electron chi connectivity index (χ2n) is 9.49. The van der Waals surface area contributed by atoms with E-state index in [1.807, 2.05) is 0 Å². The smallest absolute Gasteiger partial charge is 0.194 e. The molecule has 0 nitrogen and oxygen atoms in total. The quantitative estimate of drug-likeness (QED) is 0.480. The number of fused-ring (bicyclic) bond motifs is 1. The molecule has 1 atom stereocenters. The third-order valence-corrected chi connectivity index (χ3v) is 7.86. The molecular weight excluding hydrogens is 345 g/mol. The Morgan fingerprint density at radius 3 is 2.11 bits per heavy atom. The van der Waals surface area contributed by atoms with Crippen LogP contribution >= 0.6 is 0 Å². The highest BCUT2D eigenvalue weighted by Gasteiger charge is 2.30. The average molecular weight is 379 g/mol. The summed E-state index contributed by atoms with van der Waals surface area (Å²) in [6.45, 7) is 0. The Hall–Kier alpha value is -0.990. The maximum absolute atomic E-state index is 13.9. The molecule has 1 aromatic carbocycles. The van der Waals surface area contributed by atoms with E-state index in [9.17, 15) is 13.2 Å². The first-order valence-electron chi connectivity index (χ1n) is 11.3. The maximum Gasteiger partial charge on any atom is 0.194 e. The molecular formula is C24H33F3. The zero-order valence-corrected chi connectivity index (χ0v) is 16.4. The van der Waals surface area contributed by atoms with Crippen LogP contribution in [0.25, 0.3) is 0 Å². The summed E-state index contributed by atoms with van der Waals surface area (Å²) in [6.07, 6.45) is 17.4. The number of rotatable bonds is 4. The molecule has 3 aliphatic rings. The van der Waals surface area contributed by atoms with Gasteiger partial charge in [-0.05, 0) is 79.4 Å². The molecule has 0 N–H and O–H groups in total. The highest BCUT2D eigenvalue weighted by atomic mass is 19.2. The summed E-state index contributed by atoms with van der Waals surface area (Å²) in [6, 6.07) is 1.23. The van der Waals surface area contributed by atoms with E-state index in [-0.39, 0.29) is 0 Å². The van der Waals surface area contributed by atoms with Crippen molar-refractivity contribution in [2.24, 2.45) is 23.7 Å². The molecule has 0 heterocycles. The van der Waals surface area contributed by atoms with Crippen LogP contribution < -0.4 is 0 Å². The number of hydrogen-bond acceptors (Lipinski definition) is 0. The van der Waals surface area contributed by atoms with Crippen LogP contribution in [0.15, 0.2) is 6.07 Å². The normalized spacial score (nSPS) is 29.5. The van der Waals surface area contributed by atoms with Gasteiger partial charge in [-0.2, -0.15) is 0 Å². The third-order valence-electron chi connectivity index (χ3n) is 7.86. The minimum atomic E-state index is -1.30. The molecule has 1 aromatic rings. The molecule has 0 saturated heterocycles. The molecule has 150 valence electrons. The van der Waals surface area contributed by atoms with Crippen LogP contribution in [0.2, 0.25) is 0 Å². The van der Waals surface area contributed by atoms with Gasteiger partial charge in [-0.25, -0.2) is 13.2 Å². The molecule has 0 aliphatic heterocycles. The first-order valence-corrected chi connectivity index (χ1v) is 11.3. The fourth-order valence-electron chi connectivity index (χ4n) is 6.17. The van der Waals surface area contributed by atoms with Crippen molar-refractivity contribution in [3.63, 3.8) is 0 Å². The number of halogens is 3. The van der Waals surface area contributed by atoms with Gasteiger partial charge in [0.05, 0.1) is 0 Å². The van der Waals surface area contributed by atoms with E-state index in [2.05, 4.69) is 0 Å². The third kappa shape index (κ3) is 4.38. The summed E-state index contributed by atoms with van der Waals surface area (Å²) in [4.78, 5) is 0. The molecule has 0 amide bonds. The van der Waals surface area contributed by atoms with Gasteiger partial charge in [0.25, 0.3) is 0 Å². The van der Waals surface area contributed by atoms with E-state index in [0.29, 0.717) is 29.9 Å². The lowest BCUT2D eigenvalue weighted by molar-refractivity contribution is 0.159. The van der Waals surface area contributed by atoms with Crippen LogP contribution in [0.1, 0.15) is 88.2 Å². The first-order chi connectivity index (χ1) is 13.1. The van der Waals surface area contributed by atoms with E-state index >= 15 is 0 Å². The van der Waals surface area contributed by atoms with Crippen LogP contribution in [-0.4, -0.2) is 0 Å². The summed E-state index contributed by atoms with van der Waals surface area (Å²) in [5.41, 5.74) is 1.11. The summed E-state index contributed by atoms with van der Waals surface area (Å²) in [5.74, 6) is 0.0220. The lowest BCUT2D eigenvalue weighted by atomic mass is 9.70. The van der Waals surface area contributed by atoms with Gasteiger partial charge in [0.2, 0.25) is 0 Å². The summed E-state index contributed by atoms with van der Waals surface area (Å²) >= 11 is 0. The fourth-order valence-corrected chi connectivity index (χ4v) is 6.17. The maximum atomic E-state index is 13.9. The lowest BCUT2D eigenvalue weighted by Gasteiger charge is -2.36. The second kappa shape index (κ2) is 8.57. The molecule has 4 rings (SSSR count). The van der Waals surface area contributed by atoms with Gasteiger partial charge in [0, 0.05) is 0 Å². The molecule has 2 fully saturated rings. The van der Waals surface area contributed by atoms with Crippen molar-refractivity contribution in [2.45, 2.75) is 89.9 Å². The molecule has 0 radical (unpaired) electrons. The van der Waals surface area contributed by atoms with Crippen molar-refractivity contribution in [1.29, 1.82) is 0 Å². The van der Waals surface area contributed by atoms with Crippen molar-refractivity contribution >= 4 is 0 Å². The van der Waals surface area contributed by atoms with Gasteiger partial charge in [0.1, 0.15) is 0 Å².